The van der Waals surface area contributed by atoms with Gasteiger partial charge >= 0.3 is 0 Å². The van der Waals surface area contributed by atoms with Crippen LogP contribution in [0.3, 0.4) is 0 Å². The highest BCUT2D eigenvalue weighted by molar-refractivity contribution is 7.92. The van der Waals surface area contributed by atoms with Crippen LogP contribution >= 0.6 is 0 Å². The van der Waals surface area contributed by atoms with Crippen molar-refractivity contribution in [3.8, 4) is 0 Å². The van der Waals surface area contributed by atoms with Gasteiger partial charge in [0.05, 0.1) is 10.6 Å². The summed E-state index contributed by atoms with van der Waals surface area (Å²) in [5, 5.41) is 2.94. The van der Waals surface area contributed by atoms with Crippen LogP contribution in [-0.2, 0) is 32.6 Å². The van der Waals surface area contributed by atoms with Crippen LogP contribution in [0.25, 0.3) is 0 Å². The molecule has 0 fully saturated rings. The van der Waals surface area contributed by atoms with Crippen LogP contribution in [-0.4, -0.2) is 43.8 Å². The van der Waals surface area contributed by atoms with E-state index >= 15 is 0 Å². The fourth-order valence-electron chi connectivity index (χ4n) is 4.78. The highest BCUT2D eigenvalue weighted by Crippen LogP contribution is 2.26. The highest BCUT2D eigenvalue weighted by Gasteiger charge is 2.35. The lowest BCUT2D eigenvalue weighted by molar-refractivity contribution is -0.140. The number of carbonyl (C=O) groups excluding carboxylic acids is 2. The predicted octanol–water partition coefficient (Wildman–Crippen LogP) is 6.02. The van der Waals surface area contributed by atoms with Gasteiger partial charge in [-0.2, -0.15) is 0 Å². The van der Waals surface area contributed by atoms with E-state index in [4.69, 9.17) is 0 Å². The minimum absolute atomic E-state index is 0.0554. The molecule has 0 unspecified atom stereocenters. The number of hydrogen-bond donors (Lipinski definition) is 1. The first-order valence-corrected chi connectivity index (χ1v) is 16.2. The molecular formula is C35H37F2N3O4S. The molecule has 0 aromatic heterocycles. The van der Waals surface area contributed by atoms with Gasteiger partial charge in [0, 0.05) is 24.6 Å². The summed E-state index contributed by atoms with van der Waals surface area (Å²) in [5.41, 5.74) is 1.82. The van der Waals surface area contributed by atoms with E-state index in [0.29, 0.717) is 6.42 Å². The summed E-state index contributed by atoms with van der Waals surface area (Å²) in [4.78, 5) is 29.3. The number of benzene rings is 4. The molecule has 0 aliphatic rings. The molecule has 0 radical (unpaired) electrons. The Balaban J connectivity index is 1.81. The molecule has 0 aliphatic heterocycles. The van der Waals surface area contributed by atoms with Crippen LogP contribution in [0.2, 0.25) is 0 Å². The third-order valence-corrected chi connectivity index (χ3v) is 9.36. The summed E-state index contributed by atoms with van der Waals surface area (Å²) in [6, 6.07) is 24.6. The predicted molar refractivity (Wildman–Crippen MR) is 171 cm³/mol. The third-order valence-electron chi connectivity index (χ3n) is 7.57. The molecule has 236 valence electrons. The first-order valence-electron chi connectivity index (χ1n) is 14.7. The van der Waals surface area contributed by atoms with Crippen molar-refractivity contribution in [1.29, 1.82) is 0 Å². The number of carbonyl (C=O) groups is 2. The molecule has 4 rings (SSSR count). The zero-order valence-corrected chi connectivity index (χ0v) is 26.3. The van der Waals surface area contributed by atoms with Crippen LogP contribution in [0, 0.1) is 18.6 Å². The van der Waals surface area contributed by atoms with E-state index in [9.17, 15) is 26.8 Å². The summed E-state index contributed by atoms with van der Waals surface area (Å²) < 4.78 is 57.8. The van der Waals surface area contributed by atoms with Crippen molar-refractivity contribution in [2.24, 2.45) is 0 Å². The Kier molecular flexibility index (Phi) is 11.1. The molecule has 0 spiro atoms. The van der Waals surface area contributed by atoms with E-state index in [-0.39, 0.29) is 35.2 Å². The molecule has 2 atom stereocenters. The molecule has 0 heterocycles. The Labute approximate surface area is 263 Å². The average molecular weight is 634 g/mol. The Bertz CT molecular complexity index is 1700. The van der Waals surface area contributed by atoms with E-state index in [0.717, 1.165) is 27.6 Å². The van der Waals surface area contributed by atoms with Crippen molar-refractivity contribution in [3.63, 3.8) is 0 Å². The SMILES string of the molecule is CC[C@H](C)NC(=O)[C@H](Cc1ccccc1)N(Cc1ccccc1F)C(=O)CN(c1ccc(F)cc1)S(=O)(=O)c1ccc(C)cc1. The number of nitrogens with zero attached hydrogens (tertiary/aromatic N) is 2. The van der Waals surface area contributed by atoms with Crippen LogP contribution < -0.4 is 9.62 Å². The molecular weight excluding hydrogens is 596 g/mol. The minimum Gasteiger partial charge on any atom is -0.352 e. The second-order valence-corrected chi connectivity index (χ2v) is 12.8. The Morgan fingerprint density at radius 1 is 0.844 bits per heavy atom. The van der Waals surface area contributed by atoms with Crippen molar-refractivity contribution in [3.05, 3.63) is 131 Å². The second-order valence-electron chi connectivity index (χ2n) is 10.9. The maximum Gasteiger partial charge on any atom is 0.264 e. The smallest absolute Gasteiger partial charge is 0.264 e. The summed E-state index contributed by atoms with van der Waals surface area (Å²) in [5.74, 6) is -2.34. The maximum absolute atomic E-state index is 15.0. The van der Waals surface area contributed by atoms with Crippen molar-refractivity contribution in [1.82, 2.24) is 10.2 Å². The number of anilines is 1. The fourth-order valence-corrected chi connectivity index (χ4v) is 6.19. The van der Waals surface area contributed by atoms with Crippen LogP contribution in [0.4, 0.5) is 14.5 Å². The van der Waals surface area contributed by atoms with Gasteiger partial charge < -0.3 is 10.2 Å². The number of aryl methyl sites for hydroxylation is 1. The summed E-state index contributed by atoms with van der Waals surface area (Å²) in [7, 11) is -4.33. The maximum atomic E-state index is 15.0. The van der Waals surface area contributed by atoms with E-state index in [1.807, 2.05) is 51.1 Å². The van der Waals surface area contributed by atoms with Gasteiger partial charge in [-0.05, 0) is 68.3 Å². The number of sulfonamides is 1. The number of nitrogens with one attached hydrogen (secondary N) is 1. The quantitative estimate of drug-likeness (QED) is 0.195. The lowest BCUT2D eigenvalue weighted by Gasteiger charge is -2.34. The van der Waals surface area contributed by atoms with Crippen LogP contribution in [0.5, 0.6) is 0 Å². The molecule has 2 amide bonds. The molecule has 10 heteroatoms. The van der Waals surface area contributed by atoms with Gasteiger partial charge in [-0.25, -0.2) is 17.2 Å². The van der Waals surface area contributed by atoms with Gasteiger partial charge in [0.1, 0.15) is 24.2 Å². The Hall–Kier alpha value is -4.57. The van der Waals surface area contributed by atoms with Gasteiger partial charge in [0.2, 0.25) is 11.8 Å². The monoisotopic (exact) mass is 633 g/mol. The third kappa shape index (κ3) is 8.54. The molecule has 0 aliphatic carbocycles. The van der Waals surface area contributed by atoms with Gasteiger partial charge in [-0.15, -0.1) is 0 Å². The van der Waals surface area contributed by atoms with Gasteiger partial charge in [-0.3, -0.25) is 13.9 Å². The topological polar surface area (TPSA) is 86.8 Å². The van der Waals surface area contributed by atoms with E-state index < -0.39 is 46.1 Å². The molecule has 0 saturated heterocycles. The van der Waals surface area contributed by atoms with Crippen molar-refractivity contribution in [2.45, 2.75) is 57.1 Å². The molecule has 45 heavy (non-hydrogen) atoms. The van der Waals surface area contributed by atoms with E-state index in [2.05, 4.69) is 5.32 Å². The number of rotatable bonds is 13. The second kappa shape index (κ2) is 14.9. The molecule has 4 aromatic carbocycles. The highest BCUT2D eigenvalue weighted by atomic mass is 32.2. The zero-order valence-electron chi connectivity index (χ0n) is 25.5. The normalized spacial score (nSPS) is 12.6. The van der Waals surface area contributed by atoms with Crippen molar-refractivity contribution in [2.75, 3.05) is 10.8 Å². The van der Waals surface area contributed by atoms with Gasteiger partial charge in [0.15, 0.2) is 0 Å². The van der Waals surface area contributed by atoms with Gasteiger partial charge in [-0.1, -0.05) is 73.2 Å². The Morgan fingerprint density at radius 2 is 1.47 bits per heavy atom. The molecule has 1 N–H and O–H groups in total. The van der Waals surface area contributed by atoms with Crippen molar-refractivity contribution >= 4 is 27.5 Å². The zero-order chi connectivity index (χ0) is 32.6. The first kappa shape index (κ1) is 33.3. The summed E-state index contributed by atoms with van der Waals surface area (Å²) >= 11 is 0. The minimum atomic E-state index is -4.33. The Morgan fingerprint density at radius 3 is 2.09 bits per heavy atom. The van der Waals surface area contributed by atoms with E-state index in [1.165, 1.54) is 47.4 Å². The van der Waals surface area contributed by atoms with Crippen LogP contribution in [0.15, 0.2) is 108 Å². The van der Waals surface area contributed by atoms with Gasteiger partial charge in [0.25, 0.3) is 10.0 Å². The summed E-state index contributed by atoms with van der Waals surface area (Å²) in [6.07, 6.45) is 0.739. The van der Waals surface area contributed by atoms with Crippen molar-refractivity contribution < 1.29 is 26.8 Å². The van der Waals surface area contributed by atoms with Crippen LogP contribution in [0.1, 0.15) is 37.0 Å². The number of hydrogen-bond acceptors (Lipinski definition) is 4. The molecule has 0 bridgehead atoms. The number of halogens is 2. The first-order chi connectivity index (χ1) is 21.5. The number of amides is 2. The lowest BCUT2D eigenvalue weighted by atomic mass is 10.0. The molecule has 0 saturated carbocycles. The average Bonchev–Trinajstić information content (AvgIpc) is 3.03. The fraction of sp³-hybridized carbons (Fsp3) is 0.257. The lowest BCUT2D eigenvalue weighted by Crippen LogP contribution is -2.54. The van der Waals surface area contributed by atoms with E-state index in [1.54, 1.807) is 18.2 Å². The summed E-state index contributed by atoms with van der Waals surface area (Å²) in [6.45, 7) is 4.55. The largest absolute Gasteiger partial charge is 0.352 e. The molecule has 4 aromatic rings. The standard InChI is InChI=1S/C35H37F2N3O4S/c1-4-26(3)38-35(42)33(22-27-10-6-5-7-11-27)39(23-28-12-8-9-13-32(28)37)34(41)24-40(30-18-16-29(36)17-19-30)45(43,44)31-20-14-25(2)15-21-31/h5-21,26,33H,4,22-24H2,1-3H3,(H,38,42)/t26-,33-/m0/s1. The molecule has 7 nitrogen and oxygen atoms in total.